The molecule has 0 heterocycles. The molecule has 0 saturated carbocycles. The van der Waals surface area contributed by atoms with Crippen LogP contribution in [0.3, 0.4) is 0 Å². The first-order valence-electron chi connectivity index (χ1n) is 7.31. The number of rotatable bonds is 5. The van der Waals surface area contributed by atoms with Gasteiger partial charge in [0.25, 0.3) is 0 Å². The second kappa shape index (κ2) is 7.03. The van der Waals surface area contributed by atoms with Crippen LogP contribution in [-0.4, -0.2) is 11.1 Å². The van der Waals surface area contributed by atoms with Crippen LogP contribution >= 0.6 is 0 Å². The molecular weight excluding hydrogens is 279 g/mol. The molecule has 2 nitrogen and oxygen atoms in total. The van der Waals surface area contributed by atoms with Gasteiger partial charge in [0.05, 0.1) is 11.4 Å². The smallest absolute Gasteiger partial charge is 0.336 e. The van der Waals surface area contributed by atoms with E-state index in [2.05, 4.69) is 6.92 Å². The monoisotopic (exact) mass is 298 g/mol. The van der Waals surface area contributed by atoms with Gasteiger partial charge < -0.3 is 5.11 Å². The van der Waals surface area contributed by atoms with Crippen molar-refractivity contribution in [2.24, 2.45) is 0 Å². The number of halogens is 1. The van der Waals surface area contributed by atoms with E-state index in [0.29, 0.717) is 5.56 Å². The standard InChI is InChI=1S/C19H19FO2/c1-3-4-14-7-10-17(19(21)22)18(12-14)16-8-5-15(6-9-16)11-13(2)20/h5-12H,3-4H2,1-2H3,(H,21,22). The summed E-state index contributed by atoms with van der Waals surface area (Å²) in [5, 5.41) is 9.36. The summed E-state index contributed by atoms with van der Waals surface area (Å²) in [6.45, 7) is 3.48. The Hall–Kier alpha value is -2.42. The number of allylic oxidation sites excluding steroid dienone is 1. The predicted octanol–water partition coefficient (Wildman–Crippen LogP) is 5.33. The SMILES string of the molecule is CCCc1ccc(C(=O)O)c(-c2ccc(C=C(C)F)cc2)c1. The molecule has 0 radical (unpaired) electrons. The van der Waals surface area contributed by atoms with Crippen molar-refractivity contribution in [3.8, 4) is 11.1 Å². The maximum atomic E-state index is 12.9. The average molecular weight is 298 g/mol. The molecule has 0 aliphatic heterocycles. The molecule has 2 rings (SSSR count). The minimum absolute atomic E-state index is 0.260. The van der Waals surface area contributed by atoms with Crippen LogP contribution in [0.4, 0.5) is 4.39 Å². The molecule has 0 amide bonds. The zero-order valence-corrected chi connectivity index (χ0v) is 12.8. The molecule has 0 fully saturated rings. The van der Waals surface area contributed by atoms with Gasteiger partial charge in [0.1, 0.15) is 0 Å². The van der Waals surface area contributed by atoms with E-state index in [0.717, 1.165) is 29.5 Å². The van der Waals surface area contributed by atoms with Crippen molar-refractivity contribution in [3.63, 3.8) is 0 Å². The van der Waals surface area contributed by atoms with Gasteiger partial charge >= 0.3 is 5.97 Å². The number of aryl methyl sites for hydroxylation is 1. The molecule has 3 heteroatoms. The largest absolute Gasteiger partial charge is 0.478 e. The van der Waals surface area contributed by atoms with Crippen molar-refractivity contribution in [1.82, 2.24) is 0 Å². The summed E-state index contributed by atoms with van der Waals surface area (Å²) >= 11 is 0. The van der Waals surface area contributed by atoms with Crippen LogP contribution in [0.2, 0.25) is 0 Å². The summed E-state index contributed by atoms with van der Waals surface area (Å²) in [6, 6.07) is 12.7. The van der Waals surface area contributed by atoms with E-state index < -0.39 is 5.97 Å². The fraction of sp³-hybridized carbons (Fsp3) is 0.211. The summed E-state index contributed by atoms with van der Waals surface area (Å²) in [4.78, 5) is 11.4. The molecule has 1 N–H and O–H groups in total. The Morgan fingerprint density at radius 3 is 2.41 bits per heavy atom. The Bertz CT molecular complexity index is 696. The number of hydrogen-bond acceptors (Lipinski definition) is 1. The highest BCUT2D eigenvalue weighted by molar-refractivity contribution is 5.96. The van der Waals surface area contributed by atoms with E-state index in [1.807, 2.05) is 24.3 Å². The molecule has 0 aromatic heterocycles. The van der Waals surface area contributed by atoms with Gasteiger partial charge in [-0.3, -0.25) is 0 Å². The summed E-state index contributed by atoms with van der Waals surface area (Å²) in [7, 11) is 0. The Morgan fingerprint density at radius 2 is 1.86 bits per heavy atom. The fourth-order valence-corrected chi connectivity index (χ4v) is 2.45. The molecule has 114 valence electrons. The third-order valence-electron chi connectivity index (χ3n) is 3.44. The first-order chi connectivity index (χ1) is 10.5. The van der Waals surface area contributed by atoms with Gasteiger partial charge in [-0.1, -0.05) is 49.7 Å². The number of carboxylic acid groups (broad SMARTS) is 1. The lowest BCUT2D eigenvalue weighted by Crippen LogP contribution is -2.00. The maximum absolute atomic E-state index is 12.9. The minimum atomic E-state index is -0.943. The van der Waals surface area contributed by atoms with Crippen molar-refractivity contribution >= 4 is 12.0 Å². The van der Waals surface area contributed by atoms with Crippen molar-refractivity contribution in [1.29, 1.82) is 0 Å². The molecular formula is C19H19FO2. The topological polar surface area (TPSA) is 37.3 Å². The highest BCUT2D eigenvalue weighted by Gasteiger charge is 2.12. The maximum Gasteiger partial charge on any atom is 0.336 e. The van der Waals surface area contributed by atoms with Gasteiger partial charge in [0.2, 0.25) is 0 Å². The van der Waals surface area contributed by atoms with Crippen LogP contribution in [0, 0.1) is 0 Å². The molecule has 0 bridgehead atoms. The van der Waals surface area contributed by atoms with Gasteiger partial charge in [-0.15, -0.1) is 0 Å². The Morgan fingerprint density at radius 1 is 1.18 bits per heavy atom. The molecule has 22 heavy (non-hydrogen) atoms. The second-order valence-corrected chi connectivity index (χ2v) is 5.29. The third kappa shape index (κ3) is 3.82. The van der Waals surface area contributed by atoms with Crippen molar-refractivity contribution < 1.29 is 14.3 Å². The summed E-state index contributed by atoms with van der Waals surface area (Å²) in [5.41, 5.74) is 3.68. The quantitative estimate of drug-likeness (QED) is 0.809. The molecule has 2 aromatic carbocycles. The zero-order valence-electron chi connectivity index (χ0n) is 12.8. The van der Waals surface area contributed by atoms with E-state index in [-0.39, 0.29) is 11.4 Å². The van der Waals surface area contributed by atoms with Gasteiger partial charge in [0, 0.05) is 0 Å². The Labute approximate surface area is 129 Å². The number of benzene rings is 2. The third-order valence-corrected chi connectivity index (χ3v) is 3.44. The number of carbonyl (C=O) groups is 1. The fourth-order valence-electron chi connectivity index (χ4n) is 2.45. The first kappa shape index (κ1) is 16.0. The van der Waals surface area contributed by atoms with E-state index in [1.54, 1.807) is 18.2 Å². The van der Waals surface area contributed by atoms with Crippen LogP contribution in [0.1, 0.15) is 41.8 Å². The lowest BCUT2D eigenvalue weighted by molar-refractivity contribution is 0.0697. The lowest BCUT2D eigenvalue weighted by atomic mass is 9.95. The van der Waals surface area contributed by atoms with Gasteiger partial charge in [-0.2, -0.15) is 0 Å². The zero-order chi connectivity index (χ0) is 16.1. The van der Waals surface area contributed by atoms with E-state index >= 15 is 0 Å². The highest BCUT2D eigenvalue weighted by Crippen LogP contribution is 2.26. The molecule has 2 aromatic rings. The Balaban J connectivity index is 2.47. The molecule has 0 spiro atoms. The molecule has 0 aliphatic rings. The van der Waals surface area contributed by atoms with Crippen molar-refractivity contribution in [3.05, 3.63) is 65.0 Å². The van der Waals surface area contributed by atoms with Crippen LogP contribution in [-0.2, 0) is 6.42 Å². The lowest BCUT2D eigenvalue weighted by Gasteiger charge is -2.09. The van der Waals surface area contributed by atoms with Gasteiger partial charge in [-0.05, 0) is 47.7 Å². The first-order valence-corrected chi connectivity index (χ1v) is 7.31. The minimum Gasteiger partial charge on any atom is -0.478 e. The number of carboxylic acids is 1. The van der Waals surface area contributed by atoms with Crippen LogP contribution in [0.25, 0.3) is 17.2 Å². The van der Waals surface area contributed by atoms with E-state index in [1.165, 1.54) is 13.0 Å². The van der Waals surface area contributed by atoms with Gasteiger partial charge in [-0.25, -0.2) is 9.18 Å². The molecule has 0 aliphatic carbocycles. The van der Waals surface area contributed by atoms with E-state index in [4.69, 9.17) is 0 Å². The Kier molecular flexibility index (Phi) is 5.10. The van der Waals surface area contributed by atoms with Crippen LogP contribution < -0.4 is 0 Å². The average Bonchev–Trinajstić information content (AvgIpc) is 2.47. The summed E-state index contributed by atoms with van der Waals surface area (Å²) in [5.74, 6) is -1.20. The van der Waals surface area contributed by atoms with Crippen LogP contribution in [0.15, 0.2) is 48.3 Å². The molecule has 0 unspecified atom stereocenters. The summed E-state index contributed by atoms with van der Waals surface area (Å²) in [6.07, 6.45) is 3.36. The molecule has 0 saturated heterocycles. The predicted molar refractivity (Wildman–Crippen MR) is 87.6 cm³/mol. The number of aromatic carboxylic acids is 1. The number of hydrogen-bond donors (Lipinski definition) is 1. The van der Waals surface area contributed by atoms with Crippen molar-refractivity contribution in [2.75, 3.05) is 0 Å². The van der Waals surface area contributed by atoms with E-state index in [9.17, 15) is 14.3 Å². The normalized spacial score (nSPS) is 11.5. The van der Waals surface area contributed by atoms with Crippen LogP contribution in [0.5, 0.6) is 0 Å². The second-order valence-electron chi connectivity index (χ2n) is 5.29. The molecule has 0 atom stereocenters. The summed E-state index contributed by atoms with van der Waals surface area (Å²) < 4.78 is 12.9. The highest BCUT2D eigenvalue weighted by atomic mass is 19.1. The van der Waals surface area contributed by atoms with Crippen molar-refractivity contribution in [2.45, 2.75) is 26.7 Å². The van der Waals surface area contributed by atoms with Gasteiger partial charge in [0.15, 0.2) is 0 Å².